The first kappa shape index (κ1) is 15.5. The van der Waals surface area contributed by atoms with Crippen molar-refractivity contribution in [2.75, 3.05) is 13.2 Å². The molecule has 2 heteroatoms. The maximum Gasteiger partial charge on any atom is 0.130 e. The third-order valence-corrected chi connectivity index (χ3v) is 5.39. The Labute approximate surface area is 133 Å². The number of hydrogen-bond acceptors (Lipinski definition) is 2. The van der Waals surface area contributed by atoms with Crippen LogP contribution in [0.2, 0.25) is 0 Å². The minimum absolute atomic E-state index is 0.344. The number of aldehydes is 1. The standard InChI is InChI=1S/C20H26O2/c1-19(2)8-6-16(7-9-19)17-4-3-5-18(14-17)20(15-21)10-12-22-13-11-20/h3-6,14-15H,7-13H2,1-2H3. The molecule has 1 aromatic rings. The topological polar surface area (TPSA) is 26.3 Å². The third-order valence-electron chi connectivity index (χ3n) is 5.39. The van der Waals surface area contributed by atoms with Gasteiger partial charge in [-0.05, 0) is 54.2 Å². The zero-order valence-corrected chi connectivity index (χ0v) is 13.7. The van der Waals surface area contributed by atoms with Crippen LogP contribution in [-0.2, 0) is 14.9 Å². The number of ether oxygens (including phenoxy) is 1. The Balaban J connectivity index is 1.90. The summed E-state index contributed by atoms with van der Waals surface area (Å²) in [5, 5.41) is 0. The van der Waals surface area contributed by atoms with E-state index in [-0.39, 0.29) is 5.41 Å². The van der Waals surface area contributed by atoms with Crippen molar-refractivity contribution in [1.82, 2.24) is 0 Å². The van der Waals surface area contributed by atoms with Crippen molar-refractivity contribution in [2.45, 2.75) is 51.4 Å². The first-order valence-corrected chi connectivity index (χ1v) is 8.39. The molecule has 0 atom stereocenters. The molecule has 3 rings (SSSR count). The molecule has 0 bridgehead atoms. The van der Waals surface area contributed by atoms with Gasteiger partial charge < -0.3 is 9.53 Å². The largest absolute Gasteiger partial charge is 0.381 e. The second kappa shape index (κ2) is 6.00. The molecule has 2 nitrogen and oxygen atoms in total. The van der Waals surface area contributed by atoms with Gasteiger partial charge in [0.05, 0.1) is 5.41 Å². The van der Waals surface area contributed by atoms with E-state index < -0.39 is 0 Å². The fourth-order valence-corrected chi connectivity index (χ4v) is 3.58. The molecule has 0 spiro atoms. The number of allylic oxidation sites excluding steroid dienone is 2. The summed E-state index contributed by atoms with van der Waals surface area (Å²) < 4.78 is 5.45. The summed E-state index contributed by atoms with van der Waals surface area (Å²) in [7, 11) is 0. The van der Waals surface area contributed by atoms with Crippen LogP contribution >= 0.6 is 0 Å². The van der Waals surface area contributed by atoms with E-state index in [4.69, 9.17) is 4.74 Å². The zero-order chi connectivity index (χ0) is 15.6. The van der Waals surface area contributed by atoms with Crippen molar-refractivity contribution in [2.24, 2.45) is 5.41 Å². The molecular weight excluding hydrogens is 272 g/mol. The van der Waals surface area contributed by atoms with Crippen molar-refractivity contribution >= 4 is 11.9 Å². The van der Waals surface area contributed by atoms with Crippen molar-refractivity contribution in [1.29, 1.82) is 0 Å². The maximum absolute atomic E-state index is 11.8. The molecule has 0 radical (unpaired) electrons. The highest BCUT2D eigenvalue weighted by Gasteiger charge is 2.34. The monoisotopic (exact) mass is 298 g/mol. The lowest BCUT2D eigenvalue weighted by molar-refractivity contribution is -0.115. The molecular formula is C20H26O2. The van der Waals surface area contributed by atoms with Gasteiger partial charge in [-0.3, -0.25) is 0 Å². The van der Waals surface area contributed by atoms with E-state index in [0.717, 1.165) is 37.5 Å². The number of carbonyl (C=O) groups is 1. The van der Waals surface area contributed by atoms with Crippen molar-refractivity contribution in [3.63, 3.8) is 0 Å². The van der Waals surface area contributed by atoms with Gasteiger partial charge in [-0.2, -0.15) is 0 Å². The molecule has 1 aliphatic carbocycles. The van der Waals surface area contributed by atoms with E-state index in [1.807, 2.05) is 0 Å². The van der Waals surface area contributed by atoms with Crippen LogP contribution in [0.1, 0.15) is 57.1 Å². The highest BCUT2D eigenvalue weighted by Crippen LogP contribution is 2.39. The lowest BCUT2D eigenvalue weighted by Crippen LogP contribution is -2.35. The summed E-state index contributed by atoms with van der Waals surface area (Å²) >= 11 is 0. The van der Waals surface area contributed by atoms with Gasteiger partial charge in [0.2, 0.25) is 0 Å². The highest BCUT2D eigenvalue weighted by atomic mass is 16.5. The van der Waals surface area contributed by atoms with Gasteiger partial charge in [0.1, 0.15) is 6.29 Å². The number of rotatable bonds is 3. The maximum atomic E-state index is 11.8. The van der Waals surface area contributed by atoms with Crippen LogP contribution in [0, 0.1) is 5.41 Å². The van der Waals surface area contributed by atoms with Gasteiger partial charge in [-0.1, -0.05) is 44.2 Å². The highest BCUT2D eigenvalue weighted by molar-refractivity contribution is 5.72. The Hall–Kier alpha value is -1.41. The second-order valence-electron chi connectivity index (χ2n) is 7.56. The van der Waals surface area contributed by atoms with Gasteiger partial charge in [-0.25, -0.2) is 0 Å². The predicted molar refractivity (Wildman–Crippen MR) is 89.8 cm³/mol. The number of benzene rings is 1. The summed E-state index contributed by atoms with van der Waals surface area (Å²) in [5.41, 5.74) is 3.97. The number of hydrogen-bond donors (Lipinski definition) is 0. The minimum atomic E-state index is -0.344. The second-order valence-corrected chi connectivity index (χ2v) is 7.56. The summed E-state index contributed by atoms with van der Waals surface area (Å²) in [6, 6.07) is 8.64. The van der Waals surface area contributed by atoms with Gasteiger partial charge >= 0.3 is 0 Å². The molecule has 1 saturated heterocycles. The van der Waals surface area contributed by atoms with E-state index in [9.17, 15) is 4.79 Å². The molecule has 0 aromatic heterocycles. The lowest BCUT2D eigenvalue weighted by Gasteiger charge is -2.33. The van der Waals surface area contributed by atoms with Crippen LogP contribution < -0.4 is 0 Å². The van der Waals surface area contributed by atoms with E-state index in [1.165, 1.54) is 17.6 Å². The lowest BCUT2D eigenvalue weighted by atomic mass is 9.73. The average molecular weight is 298 g/mol. The van der Waals surface area contributed by atoms with Gasteiger partial charge in [0.15, 0.2) is 0 Å². The molecule has 118 valence electrons. The Kier molecular flexibility index (Phi) is 4.22. The third kappa shape index (κ3) is 3.03. The number of carbonyl (C=O) groups excluding carboxylic acids is 1. The van der Waals surface area contributed by atoms with Crippen LogP contribution in [0.3, 0.4) is 0 Å². The normalized spacial score (nSPS) is 23.6. The summed E-state index contributed by atoms with van der Waals surface area (Å²) in [5.74, 6) is 0. The predicted octanol–water partition coefficient (Wildman–Crippen LogP) is 4.53. The van der Waals surface area contributed by atoms with Crippen LogP contribution in [-0.4, -0.2) is 19.5 Å². The van der Waals surface area contributed by atoms with Crippen LogP contribution in [0.4, 0.5) is 0 Å². The van der Waals surface area contributed by atoms with Gasteiger partial charge in [0, 0.05) is 13.2 Å². The SMILES string of the molecule is CC1(C)CC=C(c2cccc(C3(C=O)CCOCC3)c2)CC1. The Morgan fingerprint density at radius 1 is 1.14 bits per heavy atom. The van der Waals surface area contributed by atoms with E-state index in [2.05, 4.69) is 44.2 Å². The van der Waals surface area contributed by atoms with Gasteiger partial charge in [-0.15, -0.1) is 0 Å². The van der Waals surface area contributed by atoms with Crippen LogP contribution in [0.5, 0.6) is 0 Å². The van der Waals surface area contributed by atoms with Crippen molar-refractivity contribution < 1.29 is 9.53 Å². The summed E-state index contributed by atoms with van der Waals surface area (Å²) in [4.78, 5) is 11.8. The van der Waals surface area contributed by atoms with E-state index >= 15 is 0 Å². The van der Waals surface area contributed by atoms with Crippen LogP contribution in [0.25, 0.3) is 5.57 Å². The van der Waals surface area contributed by atoms with E-state index in [0.29, 0.717) is 18.6 Å². The molecule has 22 heavy (non-hydrogen) atoms. The fraction of sp³-hybridized carbons (Fsp3) is 0.550. The first-order chi connectivity index (χ1) is 10.5. The average Bonchev–Trinajstić information content (AvgIpc) is 2.55. The fourth-order valence-electron chi connectivity index (χ4n) is 3.58. The Morgan fingerprint density at radius 3 is 2.55 bits per heavy atom. The zero-order valence-electron chi connectivity index (χ0n) is 13.7. The molecule has 1 aromatic carbocycles. The Morgan fingerprint density at radius 2 is 1.91 bits per heavy atom. The van der Waals surface area contributed by atoms with Crippen LogP contribution in [0.15, 0.2) is 30.3 Å². The van der Waals surface area contributed by atoms with Crippen molar-refractivity contribution in [3.8, 4) is 0 Å². The molecule has 0 saturated carbocycles. The van der Waals surface area contributed by atoms with Crippen molar-refractivity contribution in [3.05, 3.63) is 41.5 Å². The molecule has 1 heterocycles. The summed E-state index contributed by atoms with van der Waals surface area (Å²) in [6.45, 7) is 6.03. The first-order valence-electron chi connectivity index (χ1n) is 8.39. The molecule has 0 unspecified atom stereocenters. The quantitative estimate of drug-likeness (QED) is 0.766. The van der Waals surface area contributed by atoms with E-state index in [1.54, 1.807) is 0 Å². The smallest absolute Gasteiger partial charge is 0.130 e. The minimum Gasteiger partial charge on any atom is -0.381 e. The molecule has 1 aliphatic heterocycles. The van der Waals surface area contributed by atoms with Gasteiger partial charge in [0.25, 0.3) is 0 Å². The molecule has 0 amide bonds. The Bertz CT molecular complexity index is 577. The summed E-state index contributed by atoms with van der Waals surface area (Å²) in [6.07, 6.45) is 8.63. The molecule has 1 fully saturated rings. The molecule has 2 aliphatic rings. The molecule has 0 N–H and O–H groups in total.